The summed E-state index contributed by atoms with van der Waals surface area (Å²) < 4.78 is 14.3. The van der Waals surface area contributed by atoms with Crippen molar-refractivity contribution in [3.05, 3.63) is 53.0 Å². The van der Waals surface area contributed by atoms with Gasteiger partial charge in [0.2, 0.25) is 0 Å². The summed E-state index contributed by atoms with van der Waals surface area (Å²) in [7, 11) is 0. The van der Waals surface area contributed by atoms with E-state index in [0.29, 0.717) is 16.7 Å². The fourth-order valence-electron chi connectivity index (χ4n) is 1.59. The molecule has 1 aromatic carbocycles. The van der Waals surface area contributed by atoms with Crippen LogP contribution in [0.25, 0.3) is 16.7 Å². The summed E-state index contributed by atoms with van der Waals surface area (Å²) in [6, 6.07) is 5.77. The molecule has 18 heavy (non-hydrogen) atoms. The molecule has 0 saturated carbocycles. The van der Waals surface area contributed by atoms with Crippen molar-refractivity contribution in [3.63, 3.8) is 0 Å². The van der Waals surface area contributed by atoms with Gasteiger partial charge in [-0.1, -0.05) is 6.33 Å². The molecule has 84 valence electrons. The molecule has 0 bridgehead atoms. The second kappa shape index (κ2) is 5.01. The number of fused-ring (bicyclic) bond motifs is 1. The Kier molecular flexibility index (Phi) is 3.60. The van der Waals surface area contributed by atoms with Gasteiger partial charge in [0.25, 0.3) is 0 Å². The van der Waals surface area contributed by atoms with Gasteiger partial charge in [-0.15, -0.1) is 0 Å². The third-order valence-electron chi connectivity index (χ3n) is 2.40. The third kappa shape index (κ3) is 2.10. The Morgan fingerprint density at radius 1 is 1.22 bits per heavy atom. The first-order valence-electron chi connectivity index (χ1n) is 4.87. The van der Waals surface area contributed by atoms with Gasteiger partial charge in [-0.25, -0.2) is 9.07 Å². The normalized spacial score (nSPS) is 10.3. The zero-order valence-corrected chi connectivity index (χ0v) is 11.5. The Bertz CT molecular complexity index is 735. The maximum Gasteiger partial charge on any atom is 1.00 e. The molecule has 0 aliphatic carbocycles. The topological polar surface area (TPSA) is 61.9 Å². The van der Waals surface area contributed by atoms with E-state index in [1.54, 1.807) is 12.1 Å². The fraction of sp³-hybridized carbons (Fsp3) is 0. The van der Waals surface area contributed by atoms with Gasteiger partial charge in [-0.2, -0.15) is 5.10 Å². The third-order valence-corrected chi connectivity index (χ3v) is 2.40. The number of halogens is 1. The molecule has 0 unspecified atom stereocenters. The Hall–Kier alpha value is -1.50. The van der Waals surface area contributed by atoms with Crippen LogP contribution >= 0.6 is 0 Å². The molecule has 0 atom stereocenters. The van der Waals surface area contributed by atoms with Crippen molar-refractivity contribution in [3.8, 4) is 5.69 Å². The maximum atomic E-state index is 12.8. The molecule has 0 saturated heterocycles. The van der Waals surface area contributed by atoms with E-state index in [0.717, 1.165) is 0 Å². The van der Waals surface area contributed by atoms with Crippen LogP contribution in [0.5, 0.6) is 0 Å². The summed E-state index contributed by atoms with van der Waals surface area (Å²) in [5, 5.41) is 4.39. The molecule has 2 aromatic heterocycles. The Morgan fingerprint density at radius 2 is 1.94 bits per heavy atom. The van der Waals surface area contributed by atoms with Crippen LogP contribution in [-0.2, 0) is 0 Å². The van der Waals surface area contributed by atoms with E-state index < -0.39 is 0 Å². The molecule has 0 N–H and O–H groups in total. The first kappa shape index (κ1) is 12.9. The average Bonchev–Trinajstić information content (AvgIpc) is 2.75. The van der Waals surface area contributed by atoms with Crippen molar-refractivity contribution in [2.45, 2.75) is 0 Å². The fourth-order valence-corrected chi connectivity index (χ4v) is 1.59. The number of aromatic nitrogens is 4. The van der Waals surface area contributed by atoms with Crippen LogP contribution in [0.4, 0.5) is 4.39 Å². The van der Waals surface area contributed by atoms with E-state index in [4.69, 9.17) is 0 Å². The molecule has 3 aromatic rings. The monoisotopic (exact) mass is 252 g/mol. The molecule has 2 heterocycles. The number of hydrogen-bond donors (Lipinski definition) is 0. The van der Waals surface area contributed by atoms with Crippen LogP contribution < -0.4 is 40.1 Å². The number of benzene rings is 1. The van der Waals surface area contributed by atoms with Crippen molar-refractivity contribution < 1.29 is 33.9 Å². The van der Waals surface area contributed by atoms with Gasteiger partial charge in [-0.3, -0.25) is 4.79 Å². The smallest absolute Gasteiger partial charge is 0.426 e. The molecule has 0 radical (unpaired) electrons. The van der Waals surface area contributed by atoms with Crippen LogP contribution in [0.15, 0.2) is 41.6 Å². The second-order valence-electron chi connectivity index (χ2n) is 3.45. The molecule has 0 aliphatic rings. The van der Waals surface area contributed by atoms with Gasteiger partial charge in [-0.05, 0) is 24.3 Å². The van der Waals surface area contributed by atoms with E-state index in [-0.39, 0.29) is 40.9 Å². The summed E-state index contributed by atoms with van der Waals surface area (Å²) in [5.41, 5.74) is 0.680. The second-order valence-corrected chi connectivity index (χ2v) is 3.45. The van der Waals surface area contributed by atoms with Gasteiger partial charge in [0.15, 0.2) is 5.56 Å². The minimum absolute atomic E-state index is 0. The van der Waals surface area contributed by atoms with Gasteiger partial charge < -0.3 is 9.97 Å². The van der Waals surface area contributed by atoms with Crippen molar-refractivity contribution in [1.82, 2.24) is 19.7 Å². The Morgan fingerprint density at radius 3 is 2.67 bits per heavy atom. The molecule has 3 rings (SSSR count). The zero-order chi connectivity index (χ0) is 11.8. The first-order chi connectivity index (χ1) is 8.25. The summed E-state index contributed by atoms with van der Waals surface area (Å²) >= 11 is 0. The molecular weight excluding hydrogens is 246 g/mol. The predicted molar refractivity (Wildman–Crippen MR) is 58.4 cm³/mol. The molecule has 7 heteroatoms. The quantitative estimate of drug-likeness (QED) is 0.465. The van der Waals surface area contributed by atoms with Gasteiger partial charge in [0.1, 0.15) is 5.82 Å². The van der Waals surface area contributed by atoms with Gasteiger partial charge in [0.05, 0.1) is 22.9 Å². The molecule has 0 aliphatic heterocycles. The summed E-state index contributed by atoms with van der Waals surface area (Å²) in [6.07, 6.45) is 2.59. The number of rotatable bonds is 1. The molecule has 0 amide bonds. The summed E-state index contributed by atoms with van der Waals surface area (Å²) in [6.45, 7) is 0. The van der Waals surface area contributed by atoms with Gasteiger partial charge >= 0.3 is 29.6 Å². The number of nitrogens with zero attached hydrogens (tertiary/aromatic N) is 4. The van der Waals surface area contributed by atoms with Crippen molar-refractivity contribution in [1.29, 1.82) is 0 Å². The molecule has 0 fully saturated rings. The average molecular weight is 252 g/mol. The molecule has 0 spiro atoms. The number of hydrogen-bond acceptors (Lipinski definition) is 3. The van der Waals surface area contributed by atoms with Crippen molar-refractivity contribution >= 4 is 11.0 Å². The van der Waals surface area contributed by atoms with E-state index >= 15 is 0 Å². The maximum absolute atomic E-state index is 12.8. The van der Waals surface area contributed by atoms with Gasteiger partial charge in [0, 0.05) is 0 Å². The zero-order valence-electron chi connectivity index (χ0n) is 9.54. The minimum Gasteiger partial charge on any atom is -0.426 e. The van der Waals surface area contributed by atoms with E-state index in [1.807, 2.05) is 0 Å². The van der Waals surface area contributed by atoms with Crippen LogP contribution in [0.3, 0.4) is 0 Å². The van der Waals surface area contributed by atoms with E-state index in [1.165, 1.54) is 29.3 Å². The van der Waals surface area contributed by atoms with Crippen molar-refractivity contribution in [2.24, 2.45) is 0 Å². The van der Waals surface area contributed by atoms with Crippen LogP contribution in [0, 0.1) is 5.82 Å². The molecular formula is C11H6FN4NaO. The van der Waals surface area contributed by atoms with Crippen LogP contribution in [0.1, 0.15) is 0 Å². The SMILES string of the molecule is O=c1[n-]cnc2c1cnn2-c1ccc(F)cc1.[Na+]. The standard InChI is InChI=1S/C11H7FN4O.Na/c12-7-1-3-8(4-2-7)16-10-9(5-15-16)11(17)14-6-13-10;/h1-6H,(H,13,14,15,17);/q;+1/p-1. The largest absolute Gasteiger partial charge is 1.00 e. The molecule has 5 nitrogen and oxygen atoms in total. The summed E-state index contributed by atoms with van der Waals surface area (Å²) in [4.78, 5) is 19.0. The minimum atomic E-state index is -0.372. The Balaban J connectivity index is 0.00000120. The van der Waals surface area contributed by atoms with E-state index in [9.17, 15) is 9.18 Å². The van der Waals surface area contributed by atoms with E-state index in [2.05, 4.69) is 15.1 Å². The van der Waals surface area contributed by atoms with Crippen molar-refractivity contribution in [2.75, 3.05) is 0 Å². The van der Waals surface area contributed by atoms with Crippen LogP contribution in [0.2, 0.25) is 0 Å². The summed E-state index contributed by atoms with van der Waals surface area (Å²) in [5.74, 6) is -0.329. The predicted octanol–water partition coefficient (Wildman–Crippen LogP) is -2.12. The van der Waals surface area contributed by atoms with Crippen LogP contribution in [-0.4, -0.2) is 14.8 Å². The Labute approximate surface area is 123 Å². The first-order valence-corrected chi connectivity index (χ1v) is 4.87.